The molecule has 2 aliphatic rings. The van der Waals surface area contributed by atoms with Crippen LogP contribution in [0.1, 0.15) is 18.4 Å². The van der Waals surface area contributed by atoms with Gasteiger partial charge in [-0.15, -0.1) is 0 Å². The SMILES string of the molecule is O=C1C2CCCN2C(=O)CN1CCc1ccc(Cl)cc1Cl. The Kier molecular flexibility index (Phi) is 4.09. The first-order valence-corrected chi connectivity index (χ1v) is 7.84. The number of piperazine rings is 1. The molecule has 112 valence electrons. The first kappa shape index (κ1) is 14.7. The molecule has 2 amide bonds. The van der Waals surface area contributed by atoms with E-state index in [1.165, 1.54) is 0 Å². The van der Waals surface area contributed by atoms with Crippen molar-refractivity contribution in [2.24, 2.45) is 0 Å². The Morgan fingerprint density at radius 2 is 2.05 bits per heavy atom. The van der Waals surface area contributed by atoms with E-state index in [4.69, 9.17) is 23.2 Å². The molecule has 4 nitrogen and oxygen atoms in total. The lowest BCUT2D eigenvalue weighted by atomic mass is 10.1. The monoisotopic (exact) mass is 326 g/mol. The van der Waals surface area contributed by atoms with Crippen LogP contribution in [0.4, 0.5) is 0 Å². The van der Waals surface area contributed by atoms with Crippen LogP contribution in [0.15, 0.2) is 18.2 Å². The molecule has 2 aliphatic heterocycles. The predicted molar refractivity (Wildman–Crippen MR) is 81.5 cm³/mol. The van der Waals surface area contributed by atoms with Gasteiger partial charge in [-0.05, 0) is 37.0 Å². The third-order valence-electron chi connectivity index (χ3n) is 4.16. The van der Waals surface area contributed by atoms with Crippen LogP contribution in [0.25, 0.3) is 0 Å². The quantitative estimate of drug-likeness (QED) is 0.855. The Hall–Kier alpha value is -1.26. The van der Waals surface area contributed by atoms with Crippen molar-refractivity contribution >= 4 is 35.0 Å². The Morgan fingerprint density at radius 1 is 1.24 bits per heavy atom. The third-order valence-corrected chi connectivity index (χ3v) is 4.75. The number of fused-ring (bicyclic) bond motifs is 1. The van der Waals surface area contributed by atoms with Crippen LogP contribution in [-0.4, -0.2) is 47.3 Å². The first-order valence-electron chi connectivity index (χ1n) is 7.08. The van der Waals surface area contributed by atoms with E-state index in [9.17, 15) is 9.59 Å². The molecular weight excluding hydrogens is 311 g/mol. The third kappa shape index (κ3) is 2.87. The van der Waals surface area contributed by atoms with Crippen LogP contribution >= 0.6 is 23.2 Å². The molecule has 0 aromatic heterocycles. The summed E-state index contributed by atoms with van der Waals surface area (Å²) in [6.07, 6.45) is 2.32. The van der Waals surface area contributed by atoms with Gasteiger partial charge in [-0.2, -0.15) is 0 Å². The van der Waals surface area contributed by atoms with Crippen molar-refractivity contribution in [1.82, 2.24) is 9.80 Å². The molecule has 2 fully saturated rings. The number of hydrogen-bond acceptors (Lipinski definition) is 2. The fourth-order valence-electron chi connectivity index (χ4n) is 3.03. The molecule has 0 aliphatic carbocycles. The molecule has 0 N–H and O–H groups in total. The zero-order valence-electron chi connectivity index (χ0n) is 11.5. The number of hydrogen-bond donors (Lipinski definition) is 0. The molecule has 0 spiro atoms. The van der Waals surface area contributed by atoms with Crippen LogP contribution < -0.4 is 0 Å². The molecule has 3 rings (SSSR count). The average molecular weight is 327 g/mol. The van der Waals surface area contributed by atoms with Crippen molar-refractivity contribution in [2.75, 3.05) is 19.6 Å². The molecule has 1 unspecified atom stereocenters. The van der Waals surface area contributed by atoms with Gasteiger partial charge in [-0.3, -0.25) is 9.59 Å². The molecular formula is C15H16Cl2N2O2. The van der Waals surface area contributed by atoms with Crippen molar-refractivity contribution in [1.29, 1.82) is 0 Å². The second-order valence-corrected chi connectivity index (χ2v) is 6.33. The molecule has 2 saturated heterocycles. The summed E-state index contributed by atoms with van der Waals surface area (Å²) in [5, 5.41) is 1.19. The second kappa shape index (κ2) is 5.85. The minimum atomic E-state index is -0.244. The lowest BCUT2D eigenvalue weighted by molar-refractivity contribution is -0.153. The highest BCUT2D eigenvalue weighted by atomic mass is 35.5. The number of carbonyl (C=O) groups excluding carboxylic acids is 2. The van der Waals surface area contributed by atoms with Gasteiger partial charge in [0.05, 0.1) is 6.54 Å². The molecule has 1 aromatic rings. The van der Waals surface area contributed by atoms with E-state index >= 15 is 0 Å². The topological polar surface area (TPSA) is 40.6 Å². The van der Waals surface area contributed by atoms with Crippen LogP contribution in [0.3, 0.4) is 0 Å². The first-order chi connectivity index (χ1) is 10.1. The summed E-state index contributed by atoms with van der Waals surface area (Å²) in [6, 6.07) is 5.10. The predicted octanol–water partition coefficient (Wildman–Crippen LogP) is 2.37. The summed E-state index contributed by atoms with van der Waals surface area (Å²) in [5.74, 6) is 0.122. The van der Waals surface area contributed by atoms with Gasteiger partial charge in [0.2, 0.25) is 11.8 Å². The molecule has 0 saturated carbocycles. The highest BCUT2D eigenvalue weighted by Crippen LogP contribution is 2.25. The maximum atomic E-state index is 12.4. The van der Waals surface area contributed by atoms with Crippen LogP contribution in [0.2, 0.25) is 10.0 Å². The summed E-state index contributed by atoms with van der Waals surface area (Å²) >= 11 is 12.0. The normalized spacial score (nSPS) is 21.9. The Labute approximate surface area is 133 Å². The zero-order valence-corrected chi connectivity index (χ0v) is 13.0. The smallest absolute Gasteiger partial charge is 0.245 e. The summed E-state index contributed by atoms with van der Waals surface area (Å²) in [6.45, 7) is 1.41. The number of halogens is 2. The van der Waals surface area contributed by atoms with Gasteiger partial charge < -0.3 is 9.80 Å². The number of amides is 2. The second-order valence-electron chi connectivity index (χ2n) is 5.49. The lowest BCUT2D eigenvalue weighted by Gasteiger charge is -2.36. The average Bonchev–Trinajstić information content (AvgIpc) is 2.93. The molecule has 0 bridgehead atoms. The summed E-state index contributed by atoms with van der Waals surface area (Å²) in [7, 11) is 0. The van der Waals surface area contributed by atoms with E-state index < -0.39 is 0 Å². The fourth-order valence-corrected chi connectivity index (χ4v) is 3.54. The van der Waals surface area contributed by atoms with Crippen molar-refractivity contribution in [2.45, 2.75) is 25.3 Å². The van der Waals surface area contributed by atoms with E-state index in [2.05, 4.69) is 0 Å². The molecule has 0 radical (unpaired) electrons. The number of carbonyl (C=O) groups is 2. The zero-order chi connectivity index (χ0) is 15.0. The molecule has 21 heavy (non-hydrogen) atoms. The van der Waals surface area contributed by atoms with Gasteiger partial charge in [0.25, 0.3) is 0 Å². The van der Waals surface area contributed by atoms with E-state index in [1.54, 1.807) is 21.9 Å². The number of nitrogens with zero attached hydrogens (tertiary/aromatic N) is 2. The van der Waals surface area contributed by atoms with E-state index in [0.717, 1.165) is 18.4 Å². The van der Waals surface area contributed by atoms with Crippen LogP contribution in [-0.2, 0) is 16.0 Å². The van der Waals surface area contributed by atoms with E-state index in [1.807, 2.05) is 6.07 Å². The van der Waals surface area contributed by atoms with Gasteiger partial charge in [-0.25, -0.2) is 0 Å². The maximum absolute atomic E-state index is 12.4. The van der Waals surface area contributed by atoms with Crippen LogP contribution in [0, 0.1) is 0 Å². The van der Waals surface area contributed by atoms with Crippen molar-refractivity contribution in [3.05, 3.63) is 33.8 Å². The van der Waals surface area contributed by atoms with E-state index in [0.29, 0.717) is 29.6 Å². The van der Waals surface area contributed by atoms with Crippen molar-refractivity contribution in [3.8, 4) is 0 Å². The van der Waals surface area contributed by atoms with Crippen molar-refractivity contribution < 1.29 is 9.59 Å². The van der Waals surface area contributed by atoms with Gasteiger partial charge in [0.1, 0.15) is 6.04 Å². The minimum Gasteiger partial charge on any atom is -0.331 e. The Morgan fingerprint density at radius 3 is 2.81 bits per heavy atom. The Bertz CT molecular complexity index is 591. The molecule has 1 aromatic carbocycles. The lowest BCUT2D eigenvalue weighted by Crippen LogP contribution is -2.57. The molecule has 2 heterocycles. The number of rotatable bonds is 3. The van der Waals surface area contributed by atoms with Gasteiger partial charge in [0, 0.05) is 23.1 Å². The standard InChI is InChI=1S/C15H16Cl2N2O2/c16-11-4-3-10(12(17)8-11)5-7-18-9-14(20)19-6-1-2-13(19)15(18)21/h3-4,8,13H,1-2,5-7,9H2. The molecule has 1 atom stereocenters. The van der Waals surface area contributed by atoms with Gasteiger partial charge >= 0.3 is 0 Å². The largest absolute Gasteiger partial charge is 0.331 e. The van der Waals surface area contributed by atoms with Crippen molar-refractivity contribution in [3.63, 3.8) is 0 Å². The Balaban J connectivity index is 1.67. The maximum Gasteiger partial charge on any atom is 0.245 e. The number of benzene rings is 1. The molecule has 6 heteroatoms. The summed E-state index contributed by atoms with van der Waals surface area (Å²) in [4.78, 5) is 27.8. The fraction of sp³-hybridized carbons (Fsp3) is 0.467. The summed E-state index contributed by atoms with van der Waals surface area (Å²) in [5.41, 5.74) is 0.940. The highest BCUT2D eigenvalue weighted by Gasteiger charge is 2.41. The van der Waals surface area contributed by atoms with Crippen LogP contribution in [0.5, 0.6) is 0 Å². The highest BCUT2D eigenvalue weighted by molar-refractivity contribution is 6.35. The summed E-state index contributed by atoms with van der Waals surface area (Å²) < 4.78 is 0. The van der Waals surface area contributed by atoms with Gasteiger partial charge in [0.15, 0.2) is 0 Å². The van der Waals surface area contributed by atoms with E-state index in [-0.39, 0.29) is 24.4 Å². The van der Waals surface area contributed by atoms with Gasteiger partial charge in [-0.1, -0.05) is 29.3 Å². The minimum absolute atomic E-state index is 0.0549.